The Labute approximate surface area is 195 Å². The van der Waals surface area contributed by atoms with Gasteiger partial charge in [-0.25, -0.2) is 12.8 Å². The van der Waals surface area contributed by atoms with E-state index in [9.17, 15) is 17.6 Å². The predicted molar refractivity (Wildman–Crippen MR) is 125 cm³/mol. The number of rotatable bonds is 7. The number of hydrogen-bond acceptors (Lipinski definition) is 4. The van der Waals surface area contributed by atoms with Crippen LogP contribution in [0.25, 0.3) is 10.9 Å². The molecule has 3 aromatic carbocycles. The number of benzene rings is 3. The summed E-state index contributed by atoms with van der Waals surface area (Å²) in [7, 11) is -2.56. The first kappa shape index (κ1) is 23.0. The molecule has 1 aromatic heterocycles. The van der Waals surface area contributed by atoms with E-state index in [0.717, 1.165) is 9.69 Å². The third kappa shape index (κ3) is 4.93. The average molecular weight is 487 g/mol. The molecule has 0 spiro atoms. The van der Waals surface area contributed by atoms with Gasteiger partial charge in [0, 0.05) is 24.7 Å². The zero-order chi connectivity index (χ0) is 23.6. The number of aromatic nitrogens is 1. The van der Waals surface area contributed by atoms with Crippen LogP contribution in [0.3, 0.4) is 0 Å². The number of methoxy groups -OCH3 is 1. The van der Waals surface area contributed by atoms with Gasteiger partial charge in [0.15, 0.2) is 0 Å². The van der Waals surface area contributed by atoms with Crippen molar-refractivity contribution in [2.24, 2.45) is 0 Å². The lowest BCUT2D eigenvalue weighted by Crippen LogP contribution is -2.32. The molecule has 0 aliphatic heterocycles. The number of H-pyrrole nitrogens is 1. The molecule has 0 aliphatic rings. The number of halogens is 2. The van der Waals surface area contributed by atoms with E-state index in [1.54, 1.807) is 36.4 Å². The minimum atomic E-state index is -4.08. The van der Waals surface area contributed by atoms with E-state index in [1.165, 1.54) is 43.5 Å². The number of ether oxygens (including phenoxy) is 1. The van der Waals surface area contributed by atoms with Crippen LogP contribution < -0.4 is 10.3 Å². The van der Waals surface area contributed by atoms with Gasteiger partial charge in [-0.05, 0) is 53.4 Å². The van der Waals surface area contributed by atoms with Gasteiger partial charge in [-0.15, -0.1) is 0 Å². The van der Waals surface area contributed by atoms with Crippen LogP contribution in [0.1, 0.15) is 11.1 Å². The van der Waals surface area contributed by atoms with Crippen LogP contribution in [0.4, 0.5) is 4.39 Å². The van der Waals surface area contributed by atoms with Gasteiger partial charge in [-0.3, -0.25) is 4.79 Å². The van der Waals surface area contributed by atoms with Gasteiger partial charge in [0.25, 0.3) is 5.56 Å². The second kappa shape index (κ2) is 9.35. The molecule has 0 aliphatic carbocycles. The monoisotopic (exact) mass is 486 g/mol. The summed E-state index contributed by atoms with van der Waals surface area (Å²) in [6.07, 6.45) is 0. The van der Waals surface area contributed by atoms with E-state index in [-0.39, 0.29) is 28.6 Å². The molecule has 4 aromatic rings. The van der Waals surface area contributed by atoms with Gasteiger partial charge >= 0.3 is 0 Å². The maximum atomic E-state index is 13.5. The number of pyridine rings is 1. The second-order valence-electron chi connectivity index (χ2n) is 7.41. The Morgan fingerprint density at radius 3 is 2.42 bits per heavy atom. The van der Waals surface area contributed by atoms with E-state index < -0.39 is 21.4 Å². The fourth-order valence-corrected chi connectivity index (χ4v) is 5.37. The number of nitrogens with one attached hydrogen (secondary N) is 1. The lowest BCUT2D eigenvalue weighted by molar-refractivity contribution is 0.399. The molecule has 6 nitrogen and oxygen atoms in total. The molecule has 0 radical (unpaired) electrons. The highest BCUT2D eigenvalue weighted by Gasteiger charge is 2.28. The number of hydrogen-bond donors (Lipinski definition) is 1. The van der Waals surface area contributed by atoms with Gasteiger partial charge < -0.3 is 9.72 Å². The van der Waals surface area contributed by atoms with Crippen LogP contribution in [-0.4, -0.2) is 24.8 Å². The summed E-state index contributed by atoms with van der Waals surface area (Å²) in [4.78, 5) is 15.5. The van der Waals surface area contributed by atoms with Crippen LogP contribution in [0.5, 0.6) is 5.75 Å². The summed E-state index contributed by atoms with van der Waals surface area (Å²) in [5.74, 6) is 0.158. The Bertz CT molecular complexity index is 1470. The van der Waals surface area contributed by atoms with Gasteiger partial charge in [-0.2, -0.15) is 4.31 Å². The normalized spacial score (nSPS) is 11.8. The number of sulfonamides is 1. The lowest BCUT2D eigenvalue weighted by Gasteiger charge is -2.23. The van der Waals surface area contributed by atoms with E-state index in [0.29, 0.717) is 16.8 Å². The number of fused-ring (bicyclic) bond motifs is 1. The molecule has 0 saturated carbocycles. The van der Waals surface area contributed by atoms with E-state index in [1.807, 2.05) is 0 Å². The smallest absolute Gasteiger partial charge is 0.252 e. The van der Waals surface area contributed by atoms with Crippen LogP contribution in [0.2, 0.25) is 5.02 Å². The standard InChI is InChI=1S/C24H20ClFN2O4S/c1-32-20-11-8-17-12-18(24(29)27-22(17)13-20)15-28(14-16-6-9-19(26)10-7-16)33(30,31)23-5-3-2-4-21(23)25/h2-13H,14-15H2,1H3,(H,27,29). The quantitative estimate of drug-likeness (QED) is 0.410. The molecule has 33 heavy (non-hydrogen) atoms. The average Bonchev–Trinajstić information content (AvgIpc) is 2.80. The third-order valence-corrected chi connectivity index (χ3v) is 7.49. The summed E-state index contributed by atoms with van der Waals surface area (Å²) < 4.78 is 46.8. The highest BCUT2D eigenvalue weighted by molar-refractivity contribution is 7.89. The SMILES string of the molecule is COc1ccc2cc(CN(Cc3ccc(F)cc3)S(=O)(=O)c3ccccc3Cl)c(=O)[nH]c2c1. The highest BCUT2D eigenvalue weighted by Crippen LogP contribution is 2.27. The molecule has 0 fully saturated rings. The Balaban J connectivity index is 1.78. The molecule has 1 N–H and O–H groups in total. The van der Waals surface area contributed by atoms with E-state index in [2.05, 4.69) is 4.98 Å². The van der Waals surface area contributed by atoms with Crippen molar-refractivity contribution < 1.29 is 17.5 Å². The predicted octanol–water partition coefficient (Wildman–Crippen LogP) is 4.72. The van der Waals surface area contributed by atoms with Crippen LogP contribution in [0.15, 0.2) is 82.5 Å². The molecule has 9 heteroatoms. The Morgan fingerprint density at radius 2 is 1.73 bits per heavy atom. The largest absolute Gasteiger partial charge is 0.497 e. The van der Waals surface area contributed by atoms with Gasteiger partial charge in [0.1, 0.15) is 16.5 Å². The molecule has 0 atom stereocenters. The maximum absolute atomic E-state index is 13.5. The molecular weight excluding hydrogens is 467 g/mol. The van der Waals surface area contributed by atoms with Crippen molar-refractivity contribution >= 4 is 32.5 Å². The van der Waals surface area contributed by atoms with Crippen molar-refractivity contribution in [3.8, 4) is 5.75 Å². The fraction of sp³-hybridized carbons (Fsp3) is 0.125. The minimum Gasteiger partial charge on any atom is -0.497 e. The summed E-state index contributed by atoms with van der Waals surface area (Å²) in [5, 5.41) is 0.795. The van der Waals surface area contributed by atoms with Crippen molar-refractivity contribution in [2.45, 2.75) is 18.0 Å². The molecular formula is C24H20ClFN2O4S. The first-order valence-corrected chi connectivity index (χ1v) is 11.8. The van der Waals surface area contributed by atoms with Gasteiger partial charge in [-0.1, -0.05) is 35.9 Å². The number of nitrogens with zero attached hydrogens (tertiary/aromatic N) is 1. The number of aromatic amines is 1. The second-order valence-corrected chi connectivity index (χ2v) is 9.72. The zero-order valence-electron chi connectivity index (χ0n) is 17.6. The molecule has 0 saturated heterocycles. The molecule has 0 unspecified atom stereocenters. The molecule has 0 amide bonds. The highest BCUT2D eigenvalue weighted by atomic mass is 35.5. The first-order valence-electron chi connectivity index (χ1n) is 9.97. The summed E-state index contributed by atoms with van der Waals surface area (Å²) in [5.41, 5.74) is 0.968. The van der Waals surface area contributed by atoms with Crippen LogP contribution in [-0.2, 0) is 23.1 Å². The molecule has 0 bridgehead atoms. The van der Waals surface area contributed by atoms with Crippen LogP contribution >= 0.6 is 11.6 Å². The third-order valence-electron chi connectivity index (χ3n) is 5.20. The maximum Gasteiger partial charge on any atom is 0.252 e. The minimum absolute atomic E-state index is 0.0705. The lowest BCUT2D eigenvalue weighted by atomic mass is 10.1. The molecule has 1 heterocycles. The van der Waals surface area contributed by atoms with Crippen molar-refractivity contribution in [1.82, 2.24) is 9.29 Å². The van der Waals surface area contributed by atoms with Crippen molar-refractivity contribution in [1.29, 1.82) is 0 Å². The first-order chi connectivity index (χ1) is 15.8. The summed E-state index contributed by atoms with van der Waals surface area (Å²) in [6, 6.07) is 18.5. The molecule has 170 valence electrons. The van der Waals surface area contributed by atoms with Crippen molar-refractivity contribution in [3.63, 3.8) is 0 Å². The van der Waals surface area contributed by atoms with Crippen LogP contribution in [0, 0.1) is 5.82 Å². The molecule has 4 rings (SSSR count). The van der Waals surface area contributed by atoms with E-state index >= 15 is 0 Å². The van der Waals surface area contributed by atoms with Gasteiger partial charge in [0.05, 0.1) is 17.6 Å². The Morgan fingerprint density at radius 1 is 1.00 bits per heavy atom. The Kier molecular flexibility index (Phi) is 6.51. The Hall–Kier alpha value is -3.20. The van der Waals surface area contributed by atoms with Crippen molar-refractivity contribution in [2.75, 3.05) is 7.11 Å². The summed E-state index contributed by atoms with van der Waals surface area (Å²) >= 11 is 6.18. The van der Waals surface area contributed by atoms with E-state index in [4.69, 9.17) is 16.3 Å². The summed E-state index contributed by atoms with van der Waals surface area (Å²) in [6.45, 7) is -0.282. The van der Waals surface area contributed by atoms with Gasteiger partial charge in [0.2, 0.25) is 10.0 Å². The zero-order valence-corrected chi connectivity index (χ0v) is 19.2. The van der Waals surface area contributed by atoms with Crippen molar-refractivity contribution in [3.05, 3.63) is 105 Å². The fourth-order valence-electron chi connectivity index (χ4n) is 3.47. The topological polar surface area (TPSA) is 79.5 Å².